The van der Waals surface area contributed by atoms with Crippen molar-refractivity contribution in [1.82, 2.24) is 0 Å². The molecule has 0 radical (unpaired) electrons. The summed E-state index contributed by atoms with van der Waals surface area (Å²) in [5.74, 6) is 0.801. The summed E-state index contributed by atoms with van der Waals surface area (Å²) in [6, 6.07) is 6.83. The summed E-state index contributed by atoms with van der Waals surface area (Å²) >= 11 is 6.05. The first-order valence-corrected chi connectivity index (χ1v) is 5.57. The largest absolute Gasteiger partial charge is 0.382 e. The van der Waals surface area contributed by atoms with Crippen molar-refractivity contribution in [3.63, 3.8) is 0 Å². The third-order valence-corrected chi connectivity index (χ3v) is 3.55. The fourth-order valence-corrected chi connectivity index (χ4v) is 1.96. The molecule has 0 amide bonds. The van der Waals surface area contributed by atoms with Crippen molar-refractivity contribution < 1.29 is 0 Å². The van der Waals surface area contributed by atoms with Crippen LogP contribution in [0.2, 0.25) is 5.02 Å². The molecule has 0 aliphatic heterocycles. The van der Waals surface area contributed by atoms with Gasteiger partial charge in [0.05, 0.1) is 0 Å². The van der Waals surface area contributed by atoms with E-state index in [1.165, 1.54) is 12.8 Å². The Morgan fingerprint density at radius 3 is 2.64 bits per heavy atom. The molecule has 0 spiro atoms. The molecular formula is C12H16ClN. The van der Waals surface area contributed by atoms with Crippen LogP contribution in [0.25, 0.3) is 0 Å². The molecule has 1 nitrogen and oxygen atoms in total. The first kappa shape index (κ1) is 9.85. The molecule has 76 valence electrons. The van der Waals surface area contributed by atoms with Crippen molar-refractivity contribution in [2.24, 2.45) is 5.92 Å². The lowest BCUT2D eigenvalue weighted by Crippen LogP contribution is -2.36. The average Bonchev–Trinajstić information content (AvgIpc) is 2.17. The number of hydrogen-bond donors (Lipinski definition) is 1. The summed E-state index contributed by atoms with van der Waals surface area (Å²) in [6.07, 6.45) is 2.63. The van der Waals surface area contributed by atoms with Gasteiger partial charge in [0.2, 0.25) is 0 Å². The van der Waals surface area contributed by atoms with E-state index >= 15 is 0 Å². The van der Waals surface area contributed by atoms with Crippen molar-refractivity contribution in [2.75, 3.05) is 5.32 Å². The average molecular weight is 210 g/mol. The van der Waals surface area contributed by atoms with Crippen molar-refractivity contribution in [3.05, 3.63) is 28.8 Å². The maximum atomic E-state index is 6.05. The molecule has 1 aromatic carbocycles. The van der Waals surface area contributed by atoms with E-state index in [1.54, 1.807) is 0 Å². The molecule has 2 atom stereocenters. The van der Waals surface area contributed by atoms with Crippen molar-refractivity contribution in [2.45, 2.75) is 32.7 Å². The molecule has 0 saturated heterocycles. The third-order valence-electron chi connectivity index (χ3n) is 3.14. The second-order valence-electron chi connectivity index (χ2n) is 4.27. The van der Waals surface area contributed by atoms with Crippen molar-refractivity contribution in [1.29, 1.82) is 0 Å². The van der Waals surface area contributed by atoms with Crippen LogP contribution in [0.3, 0.4) is 0 Å². The second-order valence-corrected chi connectivity index (χ2v) is 4.68. The summed E-state index contributed by atoms with van der Waals surface area (Å²) in [7, 11) is 0. The Hall–Kier alpha value is -0.690. The Labute approximate surface area is 90.5 Å². The van der Waals surface area contributed by atoms with E-state index < -0.39 is 0 Å². The minimum absolute atomic E-state index is 0.647. The molecular weight excluding hydrogens is 194 g/mol. The summed E-state index contributed by atoms with van der Waals surface area (Å²) in [5, 5.41) is 4.36. The Bertz CT molecular complexity index is 335. The van der Waals surface area contributed by atoms with Crippen LogP contribution in [0.15, 0.2) is 18.2 Å². The molecule has 1 fully saturated rings. The zero-order valence-electron chi connectivity index (χ0n) is 8.68. The maximum absolute atomic E-state index is 6.05. The first-order valence-electron chi connectivity index (χ1n) is 5.19. The Kier molecular flexibility index (Phi) is 2.69. The van der Waals surface area contributed by atoms with Crippen LogP contribution in [0.4, 0.5) is 5.69 Å². The lowest BCUT2D eigenvalue weighted by molar-refractivity contribution is 0.303. The van der Waals surface area contributed by atoms with Crippen LogP contribution in [0, 0.1) is 12.8 Å². The molecule has 2 unspecified atom stereocenters. The molecule has 14 heavy (non-hydrogen) atoms. The molecule has 1 saturated carbocycles. The Balaban J connectivity index is 2.06. The highest BCUT2D eigenvalue weighted by Gasteiger charge is 2.26. The summed E-state index contributed by atoms with van der Waals surface area (Å²) in [5.41, 5.74) is 2.29. The van der Waals surface area contributed by atoms with Crippen LogP contribution in [0.5, 0.6) is 0 Å². The van der Waals surface area contributed by atoms with Gasteiger partial charge < -0.3 is 5.32 Å². The van der Waals surface area contributed by atoms with E-state index in [-0.39, 0.29) is 0 Å². The third kappa shape index (κ3) is 1.88. The van der Waals surface area contributed by atoms with Gasteiger partial charge in [0.1, 0.15) is 0 Å². The van der Waals surface area contributed by atoms with E-state index in [1.807, 2.05) is 13.0 Å². The van der Waals surface area contributed by atoms with Crippen LogP contribution >= 0.6 is 11.6 Å². The molecule has 1 aliphatic rings. The Morgan fingerprint density at radius 1 is 1.36 bits per heavy atom. The quantitative estimate of drug-likeness (QED) is 0.780. The predicted molar refractivity (Wildman–Crippen MR) is 62.0 cm³/mol. The van der Waals surface area contributed by atoms with Gasteiger partial charge in [-0.3, -0.25) is 0 Å². The molecule has 1 aliphatic carbocycles. The van der Waals surface area contributed by atoms with Crippen LogP contribution in [-0.2, 0) is 0 Å². The molecule has 1 N–H and O–H groups in total. The Morgan fingerprint density at radius 2 is 2.14 bits per heavy atom. The van der Waals surface area contributed by atoms with Crippen LogP contribution in [-0.4, -0.2) is 6.04 Å². The smallest absolute Gasteiger partial charge is 0.0455 e. The highest BCUT2D eigenvalue weighted by molar-refractivity contribution is 6.31. The van der Waals surface area contributed by atoms with Crippen LogP contribution in [0.1, 0.15) is 25.3 Å². The second kappa shape index (κ2) is 3.82. The molecule has 0 heterocycles. The monoisotopic (exact) mass is 209 g/mol. The van der Waals surface area contributed by atoms with Gasteiger partial charge in [0, 0.05) is 16.8 Å². The number of benzene rings is 1. The fraction of sp³-hybridized carbons (Fsp3) is 0.500. The maximum Gasteiger partial charge on any atom is 0.0455 e. The van der Waals surface area contributed by atoms with Gasteiger partial charge in [-0.2, -0.15) is 0 Å². The van der Waals surface area contributed by atoms with Crippen molar-refractivity contribution >= 4 is 17.3 Å². The standard InChI is InChI=1S/C12H16ClN/c1-8-3-5-10(7-11(8)13)14-12-6-4-9(12)2/h3,5,7,9,12,14H,4,6H2,1-2H3. The lowest BCUT2D eigenvalue weighted by Gasteiger charge is -2.35. The lowest BCUT2D eigenvalue weighted by atomic mass is 9.81. The van der Waals surface area contributed by atoms with Gasteiger partial charge in [-0.05, 0) is 43.4 Å². The number of rotatable bonds is 2. The van der Waals surface area contributed by atoms with Gasteiger partial charge in [0.15, 0.2) is 0 Å². The SMILES string of the molecule is Cc1ccc(NC2CCC2C)cc1Cl. The molecule has 1 aromatic rings. The topological polar surface area (TPSA) is 12.0 Å². The van der Waals surface area contributed by atoms with Gasteiger partial charge >= 0.3 is 0 Å². The summed E-state index contributed by atoms with van der Waals surface area (Å²) in [4.78, 5) is 0. The van der Waals surface area contributed by atoms with E-state index in [2.05, 4.69) is 24.4 Å². The van der Waals surface area contributed by atoms with E-state index in [9.17, 15) is 0 Å². The minimum Gasteiger partial charge on any atom is -0.382 e. The number of aryl methyl sites for hydroxylation is 1. The highest BCUT2D eigenvalue weighted by Crippen LogP contribution is 2.30. The highest BCUT2D eigenvalue weighted by atomic mass is 35.5. The van der Waals surface area contributed by atoms with E-state index in [0.29, 0.717) is 6.04 Å². The van der Waals surface area contributed by atoms with Crippen molar-refractivity contribution in [3.8, 4) is 0 Å². The van der Waals surface area contributed by atoms with E-state index in [4.69, 9.17) is 11.6 Å². The van der Waals surface area contributed by atoms with Crippen LogP contribution < -0.4 is 5.32 Å². The zero-order chi connectivity index (χ0) is 10.1. The summed E-state index contributed by atoms with van der Waals surface area (Å²) in [6.45, 7) is 4.31. The number of hydrogen-bond acceptors (Lipinski definition) is 1. The van der Waals surface area contributed by atoms with Gasteiger partial charge in [-0.1, -0.05) is 24.6 Å². The minimum atomic E-state index is 0.647. The number of anilines is 1. The van der Waals surface area contributed by atoms with Gasteiger partial charge in [-0.15, -0.1) is 0 Å². The normalized spacial score (nSPS) is 25.6. The molecule has 2 rings (SSSR count). The molecule has 0 bridgehead atoms. The zero-order valence-corrected chi connectivity index (χ0v) is 9.43. The molecule has 2 heteroatoms. The number of halogens is 1. The van der Waals surface area contributed by atoms with Gasteiger partial charge in [-0.25, -0.2) is 0 Å². The molecule has 0 aromatic heterocycles. The van der Waals surface area contributed by atoms with E-state index in [0.717, 1.165) is 22.2 Å². The van der Waals surface area contributed by atoms with Gasteiger partial charge in [0.25, 0.3) is 0 Å². The summed E-state index contributed by atoms with van der Waals surface area (Å²) < 4.78 is 0. The number of nitrogens with one attached hydrogen (secondary N) is 1. The predicted octanol–water partition coefficient (Wildman–Crippen LogP) is 3.86. The first-order chi connectivity index (χ1) is 6.66. The fourth-order valence-electron chi connectivity index (χ4n) is 1.78.